The highest BCUT2D eigenvalue weighted by Crippen LogP contribution is 2.35. The van der Waals surface area contributed by atoms with E-state index < -0.39 is 0 Å². The van der Waals surface area contributed by atoms with E-state index in [2.05, 4.69) is 125 Å². The highest BCUT2D eigenvalue weighted by molar-refractivity contribution is 6.19. The smallest absolute Gasteiger partial charge is 0.153 e. The Morgan fingerprint density at radius 3 is 1.58 bits per heavy atom. The Balaban J connectivity index is 1.68. The van der Waals surface area contributed by atoms with Crippen LogP contribution in [0.15, 0.2) is 138 Å². The third-order valence-electron chi connectivity index (χ3n) is 7.53. The van der Waals surface area contributed by atoms with E-state index >= 15 is 0 Å². The van der Waals surface area contributed by atoms with Gasteiger partial charge < -0.3 is 8.98 Å². The number of pyridine rings is 1. The van der Waals surface area contributed by atoms with Crippen LogP contribution in [0.4, 0.5) is 0 Å². The van der Waals surface area contributed by atoms with Crippen molar-refractivity contribution in [3.05, 3.63) is 134 Å². The molecule has 3 heteroatoms. The molecule has 0 aliphatic carbocycles. The van der Waals surface area contributed by atoms with Crippen molar-refractivity contribution in [2.45, 2.75) is 0 Å². The summed E-state index contributed by atoms with van der Waals surface area (Å²) in [5.41, 5.74) is 5.00. The molecule has 0 amide bonds. The van der Waals surface area contributed by atoms with Crippen molar-refractivity contribution in [3.8, 4) is 5.69 Å². The number of para-hydroxylation sites is 2. The average molecular weight is 487 g/mol. The van der Waals surface area contributed by atoms with Crippen molar-refractivity contribution >= 4 is 65.3 Å². The first-order chi connectivity index (χ1) is 18.9. The molecule has 3 heterocycles. The molecule has 3 aromatic heterocycles. The quantitative estimate of drug-likeness (QED) is 0.231. The van der Waals surface area contributed by atoms with Crippen LogP contribution in [-0.4, -0.2) is 9.55 Å². The number of nitrogens with zero attached hydrogens (tertiary/aromatic N) is 2. The first kappa shape index (κ1) is 21.0. The lowest BCUT2D eigenvalue weighted by molar-refractivity contribution is 0.667. The molecule has 8 aromatic rings. The van der Waals surface area contributed by atoms with E-state index in [4.69, 9.17) is 4.42 Å². The average Bonchev–Trinajstić information content (AvgIpc) is 3.37. The zero-order chi connectivity index (χ0) is 25.1. The van der Waals surface area contributed by atoms with Gasteiger partial charge in [-0.25, -0.2) is 0 Å². The molecule has 0 saturated carbocycles. The molecule has 5 aromatic carbocycles. The van der Waals surface area contributed by atoms with E-state index in [-0.39, 0.29) is 0 Å². The van der Waals surface area contributed by atoms with Gasteiger partial charge in [0.1, 0.15) is 5.58 Å². The summed E-state index contributed by atoms with van der Waals surface area (Å²) in [6.45, 7) is 0. The molecule has 0 radical (unpaired) electrons. The van der Waals surface area contributed by atoms with Crippen LogP contribution in [0.3, 0.4) is 0 Å². The maximum atomic E-state index is 6.11. The maximum absolute atomic E-state index is 6.11. The van der Waals surface area contributed by atoms with Gasteiger partial charge in [-0.05, 0) is 57.9 Å². The van der Waals surface area contributed by atoms with Gasteiger partial charge in [-0.15, -0.1) is 0 Å². The van der Waals surface area contributed by atoms with Gasteiger partial charge in [-0.2, -0.15) is 0 Å². The molecule has 0 unspecified atom stereocenters. The molecule has 0 N–H and O–H groups in total. The van der Waals surface area contributed by atoms with E-state index in [1.807, 2.05) is 12.3 Å². The normalized spacial score (nSPS) is 11.7. The van der Waals surface area contributed by atoms with Crippen molar-refractivity contribution in [1.29, 1.82) is 0 Å². The third-order valence-corrected chi connectivity index (χ3v) is 7.53. The highest BCUT2D eigenvalue weighted by atomic mass is 16.3. The summed E-state index contributed by atoms with van der Waals surface area (Å²) < 4.78 is 8.50. The first-order valence-electron chi connectivity index (χ1n) is 12.8. The lowest BCUT2D eigenvalue weighted by Gasteiger charge is -2.14. The summed E-state index contributed by atoms with van der Waals surface area (Å²) in [6, 6.07) is 43.4. The Hall–Kier alpha value is -5.15. The number of aromatic nitrogens is 2. The molecule has 3 nitrogen and oxygen atoms in total. The lowest BCUT2D eigenvalue weighted by atomic mass is 10.0. The van der Waals surface area contributed by atoms with Gasteiger partial charge in [0.25, 0.3) is 0 Å². The zero-order valence-corrected chi connectivity index (χ0v) is 20.5. The van der Waals surface area contributed by atoms with Crippen LogP contribution in [0, 0.1) is 0 Å². The summed E-state index contributed by atoms with van der Waals surface area (Å²) in [7, 11) is 0. The molecule has 0 spiro atoms. The summed E-state index contributed by atoms with van der Waals surface area (Å²) in [5.74, 6) is 0. The van der Waals surface area contributed by atoms with Crippen molar-refractivity contribution < 1.29 is 4.42 Å². The van der Waals surface area contributed by atoms with Crippen LogP contribution >= 0.6 is 0 Å². The molecule has 0 aliphatic heterocycles. The Morgan fingerprint density at radius 2 is 0.974 bits per heavy atom. The fourth-order valence-electron chi connectivity index (χ4n) is 5.87. The van der Waals surface area contributed by atoms with Crippen molar-refractivity contribution in [3.63, 3.8) is 0 Å². The minimum atomic E-state index is 0.799. The number of fused-ring (bicyclic) bond motifs is 10. The van der Waals surface area contributed by atoms with Gasteiger partial charge in [-0.3, -0.25) is 4.98 Å². The fourth-order valence-corrected chi connectivity index (χ4v) is 5.87. The third kappa shape index (κ3) is 3.06. The highest BCUT2D eigenvalue weighted by Gasteiger charge is 2.13. The molecule has 0 aliphatic rings. The van der Waals surface area contributed by atoms with Gasteiger partial charge in [0.05, 0.1) is 17.2 Å². The molecule has 0 bridgehead atoms. The van der Waals surface area contributed by atoms with Crippen LogP contribution in [0.5, 0.6) is 0 Å². The fraction of sp³-hybridized carbons (Fsp3) is 0. The van der Waals surface area contributed by atoms with E-state index in [9.17, 15) is 0 Å². The molecule has 0 atom stereocenters. The number of benzene rings is 5. The van der Waals surface area contributed by atoms with E-state index in [1.165, 1.54) is 32.3 Å². The van der Waals surface area contributed by atoms with Gasteiger partial charge in [0.2, 0.25) is 0 Å². The molecule has 0 fully saturated rings. The minimum absolute atomic E-state index is 0.799. The second-order valence-corrected chi connectivity index (χ2v) is 9.62. The van der Waals surface area contributed by atoms with E-state index in [0.717, 1.165) is 38.7 Å². The summed E-state index contributed by atoms with van der Waals surface area (Å²) in [6.07, 6.45) is 3.61. The molecule has 178 valence electrons. The first-order valence-corrected chi connectivity index (χ1v) is 12.8. The second kappa shape index (κ2) is 8.19. The maximum Gasteiger partial charge on any atom is 0.153 e. The monoisotopic (exact) mass is 486 g/mol. The molecule has 0 saturated heterocycles. The van der Waals surface area contributed by atoms with Crippen LogP contribution in [0.25, 0.3) is 71.0 Å². The minimum Gasteiger partial charge on any atom is -0.454 e. The predicted molar refractivity (Wildman–Crippen MR) is 158 cm³/mol. The van der Waals surface area contributed by atoms with Gasteiger partial charge >= 0.3 is 0 Å². The summed E-state index contributed by atoms with van der Waals surface area (Å²) in [4.78, 5) is 4.25. The summed E-state index contributed by atoms with van der Waals surface area (Å²) >= 11 is 0. The number of rotatable bonds is 1. The Morgan fingerprint density at radius 1 is 0.447 bits per heavy atom. The van der Waals surface area contributed by atoms with Crippen LogP contribution in [0.1, 0.15) is 0 Å². The zero-order valence-electron chi connectivity index (χ0n) is 20.5. The SMILES string of the molecule is c1ccc2c(c1)c1ccccc1c1ccccc1n(-c1ccc3oc4cnccc4c3c1)c1ccccc21. The van der Waals surface area contributed by atoms with Crippen LogP contribution in [0.2, 0.25) is 0 Å². The number of hydrogen-bond donors (Lipinski definition) is 0. The van der Waals surface area contributed by atoms with E-state index in [0.29, 0.717) is 0 Å². The number of furan rings is 1. The topological polar surface area (TPSA) is 31.0 Å². The van der Waals surface area contributed by atoms with Crippen LogP contribution < -0.4 is 0 Å². The molecule has 8 rings (SSSR count). The van der Waals surface area contributed by atoms with Crippen molar-refractivity contribution in [2.75, 3.05) is 0 Å². The largest absolute Gasteiger partial charge is 0.454 e. The van der Waals surface area contributed by atoms with Crippen LogP contribution in [-0.2, 0) is 0 Å². The summed E-state index contributed by atoms with van der Waals surface area (Å²) in [5, 5.41) is 9.43. The Kier molecular flexibility index (Phi) is 4.52. The molecular formula is C35H22N2O. The number of hydrogen-bond acceptors (Lipinski definition) is 2. The standard InChI is InChI=1S/C35H22N2O/c1-3-11-26-24(9-1)25-10-2-4-12-27(25)29-14-6-8-16-33(29)37(32-15-7-5-13-28(26)32)23-17-18-34-31(21-23)30-19-20-36-22-35(30)38-34/h1-22H. The Bertz CT molecular complexity index is 2150. The lowest BCUT2D eigenvalue weighted by Crippen LogP contribution is -1.97. The van der Waals surface area contributed by atoms with Gasteiger partial charge in [-0.1, -0.05) is 84.9 Å². The van der Waals surface area contributed by atoms with Gasteiger partial charge in [0, 0.05) is 33.4 Å². The Labute approximate surface area is 218 Å². The predicted octanol–water partition coefficient (Wildman–Crippen LogP) is 9.51. The second-order valence-electron chi connectivity index (χ2n) is 9.62. The van der Waals surface area contributed by atoms with E-state index in [1.54, 1.807) is 6.20 Å². The van der Waals surface area contributed by atoms with Crippen molar-refractivity contribution in [1.82, 2.24) is 9.55 Å². The van der Waals surface area contributed by atoms with Gasteiger partial charge in [0.15, 0.2) is 5.58 Å². The van der Waals surface area contributed by atoms with Crippen molar-refractivity contribution in [2.24, 2.45) is 0 Å². The molecular weight excluding hydrogens is 464 g/mol. The molecule has 38 heavy (non-hydrogen) atoms.